The fourth-order valence-corrected chi connectivity index (χ4v) is 5.81. The maximum atomic E-state index is 14.7. The minimum absolute atomic E-state index is 0.122. The molecular weight excluding hydrogens is 527 g/mol. The van der Waals surface area contributed by atoms with Gasteiger partial charge < -0.3 is 25.2 Å². The first-order chi connectivity index (χ1) is 19.7. The summed E-state index contributed by atoms with van der Waals surface area (Å²) in [4.78, 5) is 38.7. The third kappa shape index (κ3) is 5.51. The lowest BCUT2D eigenvalue weighted by molar-refractivity contribution is -0.128. The van der Waals surface area contributed by atoms with Crippen molar-refractivity contribution in [1.82, 2.24) is 30.0 Å². The maximum absolute atomic E-state index is 14.7. The monoisotopic (exact) mass is 560 g/mol. The van der Waals surface area contributed by atoms with Crippen molar-refractivity contribution in [3.63, 3.8) is 0 Å². The third-order valence-electron chi connectivity index (χ3n) is 7.55. The molecule has 41 heavy (non-hydrogen) atoms. The predicted molar refractivity (Wildman–Crippen MR) is 154 cm³/mol. The van der Waals surface area contributed by atoms with Crippen LogP contribution >= 0.6 is 0 Å². The fourth-order valence-electron chi connectivity index (χ4n) is 5.81. The number of nitrogens with zero attached hydrogens (tertiary/aromatic N) is 6. The summed E-state index contributed by atoms with van der Waals surface area (Å²) < 4.78 is 22.1. The highest BCUT2D eigenvalue weighted by atomic mass is 19.1. The molecular formula is C29H33FN8O3. The van der Waals surface area contributed by atoms with Gasteiger partial charge in [0.05, 0.1) is 17.6 Å². The van der Waals surface area contributed by atoms with Crippen molar-refractivity contribution >= 4 is 45.0 Å². The van der Waals surface area contributed by atoms with Gasteiger partial charge in [-0.05, 0) is 44.5 Å². The molecule has 2 fully saturated rings. The number of rotatable bonds is 7. The highest BCUT2D eigenvalue weighted by Gasteiger charge is 2.25. The molecule has 0 aliphatic carbocycles. The Kier molecular flexibility index (Phi) is 7.16. The van der Waals surface area contributed by atoms with Gasteiger partial charge in [-0.1, -0.05) is 0 Å². The van der Waals surface area contributed by atoms with Gasteiger partial charge in [-0.3, -0.25) is 14.3 Å². The molecule has 2 atom stereocenters. The second-order valence-corrected chi connectivity index (χ2v) is 10.9. The molecule has 2 saturated heterocycles. The number of piperazine rings is 1. The maximum Gasteiger partial charge on any atom is 0.317 e. The van der Waals surface area contributed by atoms with E-state index in [1.54, 1.807) is 36.5 Å². The zero-order valence-corrected chi connectivity index (χ0v) is 23.4. The minimum Gasteiger partial charge on any atom is -0.462 e. The smallest absolute Gasteiger partial charge is 0.317 e. The van der Waals surface area contributed by atoms with Crippen LogP contribution in [0, 0.1) is 5.82 Å². The van der Waals surface area contributed by atoms with E-state index in [2.05, 4.69) is 44.4 Å². The lowest BCUT2D eigenvalue weighted by atomic mass is 10.0. The zero-order valence-electron chi connectivity index (χ0n) is 23.4. The number of benzene rings is 2. The third-order valence-corrected chi connectivity index (χ3v) is 7.55. The molecule has 4 heterocycles. The molecule has 2 aromatic heterocycles. The number of hydrogen-bond acceptors (Lipinski definition) is 8. The Labute approximate surface area is 236 Å². The molecule has 4 aromatic rings. The molecule has 2 aliphatic rings. The number of anilines is 2. The van der Waals surface area contributed by atoms with Crippen molar-refractivity contribution in [3.05, 3.63) is 48.0 Å². The van der Waals surface area contributed by atoms with Crippen LogP contribution in [0.2, 0.25) is 0 Å². The van der Waals surface area contributed by atoms with E-state index in [1.165, 1.54) is 10.7 Å². The van der Waals surface area contributed by atoms with Crippen LogP contribution in [0.3, 0.4) is 0 Å². The molecule has 2 aliphatic heterocycles. The van der Waals surface area contributed by atoms with Crippen molar-refractivity contribution < 1.29 is 18.7 Å². The average Bonchev–Trinajstić information content (AvgIpc) is 3.51. The van der Waals surface area contributed by atoms with E-state index in [4.69, 9.17) is 4.74 Å². The van der Waals surface area contributed by atoms with Crippen LogP contribution in [-0.2, 0) is 11.8 Å². The number of nitrogens with one attached hydrogen (secondary N) is 2. The lowest BCUT2D eigenvalue weighted by Gasteiger charge is -2.38. The van der Waals surface area contributed by atoms with Gasteiger partial charge in [0.2, 0.25) is 5.91 Å². The van der Waals surface area contributed by atoms with Crippen molar-refractivity contribution in [3.8, 4) is 6.01 Å². The van der Waals surface area contributed by atoms with Crippen LogP contribution in [-0.4, -0.2) is 81.3 Å². The second kappa shape index (κ2) is 10.9. The van der Waals surface area contributed by atoms with Crippen LogP contribution in [0.1, 0.15) is 37.0 Å². The first kappa shape index (κ1) is 26.9. The van der Waals surface area contributed by atoms with Crippen molar-refractivity contribution in [2.75, 3.05) is 43.0 Å². The van der Waals surface area contributed by atoms with Gasteiger partial charge in [-0.25, -0.2) is 9.37 Å². The molecule has 0 bridgehead atoms. The Hall–Kier alpha value is -4.32. The van der Waals surface area contributed by atoms with Crippen LogP contribution < -0.4 is 20.3 Å². The van der Waals surface area contributed by atoms with Crippen LogP contribution in [0.15, 0.2) is 36.7 Å². The van der Waals surface area contributed by atoms with E-state index in [9.17, 15) is 14.0 Å². The number of likely N-dealkylation sites (tertiary alicyclic amines) is 1. The van der Waals surface area contributed by atoms with Gasteiger partial charge >= 0.3 is 6.01 Å². The average molecular weight is 561 g/mol. The number of carbonyl (C=O) groups is 2. The van der Waals surface area contributed by atoms with E-state index in [0.29, 0.717) is 35.1 Å². The number of aromatic nitrogens is 4. The standard InChI is InChI=1S/C29H33FN8O3/c1-17-14-38(15-18(2)32-17)24-7-6-21(28(40)33-20-11-19-16-36(3)35-26(19)23(30)12-20)27-22(24)13-31-29(34-27)41-10-9-37-8-4-5-25(37)39/h6-7,11-13,16-18,32H,4-5,8-10,14-15H2,1-3H3,(H,33,40)/t17-,18-/m0/s1. The number of ether oxygens (including phenoxy) is 1. The first-order valence-corrected chi connectivity index (χ1v) is 13.9. The second-order valence-electron chi connectivity index (χ2n) is 10.9. The molecule has 6 rings (SSSR count). The van der Waals surface area contributed by atoms with E-state index in [-0.39, 0.29) is 36.1 Å². The summed E-state index contributed by atoms with van der Waals surface area (Å²) in [6.07, 6.45) is 4.80. The lowest BCUT2D eigenvalue weighted by Crippen LogP contribution is -2.54. The summed E-state index contributed by atoms with van der Waals surface area (Å²) in [5.41, 5.74) is 2.23. The summed E-state index contributed by atoms with van der Waals surface area (Å²) >= 11 is 0. The van der Waals surface area contributed by atoms with E-state index < -0.39 is 11.7 Å². The molecule has 0 radical (unpaired) electrons. The van der Waals surface area contributed by atoms with Gasteiger partial charge in [0.1, 0.15) is 12.1 Å². The number of amides is 2. The Morgan fingerprint density at radius 3 is 2.76 bits per heavy atom. The van der Waals surface area contributed by atoms with Crippen molar-refractivity contribution in [1.29, 1.82) is 0 Å². The van der Waals surface area contributed by atoms with Gasteiger partial charge in [0, 0.05) is 79.7 Å². The molecule has 2 N–H and O–H groups in total. The number of halogens is 1. The van der Waals surface area contributed by atoms with Crippen LogP contribution in [0.25, 0.3) is 21.8 Å². The fraction of sp³-hybridized carbons (Fsp3) is 0.414. The van der Waals surface area contributed by atoms with E-state index in [0.717, 1.165) is 37.1 Å². The predicted octanol–water partition coefficient (Wildman–Crippen LogP) is 3.10. The topological polar surface area (TPSA) is 118 Å². The molecule has 0 saturated carbocycles. The molecule has 2 aromatic carbocycles. The Morgan fingerprint density at radius 2 is 2.00 bits per heavy atom. The SMILES string of the molecule is C[C@H]1CN(c2ccc(C(=O)Nc3cc(F)c4nn(C)cc4c3)c3nc(OCCN4CCCC4=O)ncc23)C[C@H](C)N1. The summed E-state index contributed by atoms with van der Waals surface area (Å²) in [7, 11) is 1.72. The Morgan fingerprint density at radius 1 is 1.20 bits per heavy atom. The largest absolute Gasteiger partial charge is 0.462 e. The minimum atomic E-state index is -0.518. The van der Waals surface area contributed by atoms with Gasteiger partial charge in [0.25, 0.3) is 5.91 Å². The highest BCUT2D eigenvalue weighted by Crippen LogP contribution is 2.31. The zero-order chi connectivity index (χ0) is 28.7. The number of carbonyl (C=O) groups excluding carboxylic acids is 2. The van der Waals surface area contributed by atoms with E-state index >= 15 is 0 Å². The number of hydrogen-bond donors (Lipinski definition) is 2. The normalized spacial score (nSPS) is 19.4. The molecule has 11 nitrogen and oxygen atoms in total. The molecule has 214 valence electrons. The molecule has 0 spiro atoms. The summed E-state index contributed by atoms with van der Waals surface area (Å²) in [6.45, 7) is 7.27. The quantitative estimate of drug-likeness (QED) is 0.354. The van der Waals surface area contributed by atoms with Crippen molar-refractivity contribution in [2.45, 2.75) is 38.8 Å². The van der Waals surface area contributed by atoms with Crippen molar-refractivity contribution in [2.24, 2.45) is 7.05 Å². The number of aryl methyl sites for hydroxylation is 1. The molecule has 12 heteroatoms. The Balaban J connectivity index is 1.32. The van der Waals surface area contributed by atoms with Gasteiger partial charge in [-0.2, -0.15) is 10.1 Å². The Bertz CT molecular complexity index is 1630. The summed E-state index contributed by atoms with van der Waals surface area (Å²) in [5, 5.41) is 11.8. The van der Waals surface area contributed by atoms with E-state index in [1.807, 2.05) is 6.07 Å². The van der Waals surface area contributed by atoms with Gasteiger partial charge in [-0.15, -0.1) is 0 Å². The number of fused-ring (bicyclic) bond motifs is 2. The van der Waals surface area contributed by atoms with Crippen LogP contribution in [0.4, 0.5) is 15.8 Å². The summed E-state index contributed by atoms with van der Waals surface area (Å²) in [6, 6.07) is 7.29. The van der Waals surface area contributed by atoms with Gasteiger partial charge in [0.15, 0.2) is 5.82 Å². The highest BCUT2D eigenvalue weighted by molar-refractivity contribution is 6.14. The molecule has 2 amide bonds. The molecule has 0 unspecified atom stereocenters. The summed E-state index contributed by atoms with van der Waals surface area (Å²) in [5.74, 6) is -0.828. The first-order valence-electron chi connectivity index (χ1n) is 13.9. The van der Waals surface area contributed by atoms with Crippen LogP contribution in [0.5, 0.6) is 6.01 Å².